The summed E-state index contributed by atoms with van der Waals surface area (Å²) in [6, 6.07) is 18.0. The van der Waals surface area contributed by atoms with Crippen molar-refractivity contribution in [3.05, 3.63) is 71.1 Å². The van der Waals surface area contributed by atoms with E-state index in [1.807, 2.05) is 12.1 Å². The van der Waals surface area contributed by atoms with Gasteiger partial charge in [0, 0.05) is 29.6 Å². The Bertz CT molecular complexity index is 948. The van der Waals surface area contributed by atoms with Gasteiger partial charge < -0.3 is 15.2 Å². The number of nitrogens with zero attached hydrogens (tertiary/aromatic N) is 3. The molecule has 0 bridgehead atoms. The standard InChI is InChI=1S/C21H22ClN5O/c1-23-20(25-14-21(11-12-21)16-5-3-2-4-6-16)24-13-18-26-19(27-28-18)15-7-9-17(22)10-8-15/h2-10H,11-14H2,1H3,(H2,23,24,25). The zero-order valence-electron chi connectivity index (χ0n) is 15.7. The third kappa shape index (κ3) is 4.17. The van der Waals surface area contributed by atoms with Crippen LogP contribution in [0.2, 0.25) is 5.02 Å². The van der Waals surface area contributed by atoms with Crippen LogP contribution in [0.25, 0.3) is 11.4 Å². The van der Waals surface area contributed by atoms with Gasteiger partial charge in [0.05, 0.1) is 6.54 Å². The minimum Gasteiger partial charge on any atom is -0.356 e. The summed E-state index contributed by atoms with van der Waals surface area (Å²) in [5, 5.41) is 11.4. The molecule has 0 saturated heterocycles. The quantitative estimate of drug-likeness (QED) is 0.490. The van der Waals surface area contributed by atoms with E-state index in [1.54, 1.807) is 19.2 Å². The molecule has 1 saturated carbocycles. The average molecular weight is 396 g/mol. The van der Waals surface area contributed by atoms with Crippen molar-refractivity contribution >= 4 is 17.6 Å². The molecule has 3 aromatic rings. The van der Waals surface area contributed by atoms with E-state index in [0.29, 0.717) is 29.2 Å². The zero-order valence-corrected chi connectivity index (χ0v) is 16.4. The monoisotopic (exact) mass is 395 g/mol. The van der Waals surface area contributed by atoms with Crippen molar-refractivity contribution in [2.75, 3.05) is 13.6 Å². The number of halogens is 1. The van der Waals surface area contributed by atoms with Gasteiger partial charge in [0.15, 0.2) is 5.96 Å². The second-order valence-electron chi connectivity index (χ2n) is 6.94. The fraction of sp³-hybridized carbons (Fsp3) is 0.286. The predicted molar refractivity (Wildman–Crippen MR) is 110 cm³/mol. The van der Waals surface area contributed by atoms with Crippen LogP contribution in [0.5, 0.6) is 0 Å². The molecule has 0 atom stereocenters. The first kappa shape index (κ1) is 18.5. The topological polar surface area (TPSA) is 75.3 Å². The molecule has 0 amide bonds. The maximum absolute atomic E-state index is 5.92. The molecule has 2 N–H and O–H groups in total. The van der Waals surface area contributed by atoms with Crippen LogP contribution in [0.3, 0.4) is 0 Å². The van der Waals surface area contributed by atoms with E-state index in [-0.39, 0.29) is 5.41 Å². The fourth-order valence-electron chi connectivity index (χ4n) is 3.19. The Morgan fingerprint density at radius 3 is 2.54 bits per heavy atom. The van der Waals surface area contributed by atoms with Crippen LogP contribution in [0.15, 0.2) is 64.1 Å². The summed E-state index contributed by atoms with van der Waals surface area (Å²) in [6.07, 6.45) is 2.38. The van der Waals surface area contributed by atoms with Gasteiger partial charge in [-0.1, -0.05) is 47.1 Å². The molecule has 6 nitrogen and oxygen atoms in total. The maximum Gasteiger partial charge on any atom is 0.246 e. The van der Waals surface area contributed by atoms with Crippen molar-refractivity contribution in [1.29, 1.82) is 0 Å². The van der Waals surface area contributed by atoms with Crippen LogP contribution >= 0.6 is 11.6 Å². The van der Waals surface area contributed by atoms with E-state index in [1.165, 1.54) is 18.4 Å². The predicted octanol–water partition coefficient (Wildman–Crippen LogP) is 3.79. The molecule has 0 radical (unpaired) electrons. The smallest absolute Gasteiger partial charge is 0.246 e. The summed E-state index contributed by atoms with van der Waals surface area (Å²) in [5.74, 6) is 1.75. The molecule has 144 valence electrons. The molecule has 1 aliphatic carbocycles. The van der Waals surface area contributed by atoms with Gasteiger partial charge in [0.2, 0.25) is 11.7 Å². The summed E-state index contributed by atoms with van der Waals surface area (Å²) in [7, 11) is 1.75. The lowest BCUT2D eigenvalue weighted by Crippen LogP contribution is -2.40. The third-order valence-corrected chi connectivity index (χ3v) is 5.29. The van der Waals surface area contributed by atoms with Crippen LogP contribution < -0.4 is 10.6 Å². The van der Waals surface area contributed by atoms with Gasteiger partial charge in [0.25, 0.3) is 0 Å². The molecule has 4 rings (SSSR count). The Kier molecular flexibility index (Phi) is 5.30. The van der Waals surface area contributed by atoms with Gasteiger partial charge >= 0.3 is 0 Å². The normalized spacial score (nSPS) is 15.3. The highest BCUT2D eigenvalue weighted by atomic mass is 35.5. The molecule has 0 spiro atoms. The average Bonchev–Trinajstić information content (AvgIpc) is 3.39. The minimum absolute atomic E-state index is 0.213. The highest BCUT2D eigenvalue weighted by Gasteiger charge is 2.43. The first-order valence-corrected chi connectivity index (χ1v) is 9.65. The Hall–Kier alpha value is -2.86. The molecule has 2 aromatic carbocycles. The van der Waals surface area contributed by atoms with Crippen molar-refractivity contribution in [1.82, 2.24) is 20.8 Å². The van der Waals surface area contributed by atoms with Gasteiger partial charge in [-0.3, -0.25) is 4.99 Å². The Labute approximate surface area is 169 Å². The number of hydrogen-bond acceptors (Lipinski definition) is 4. The number of aliphatic imine (C=N–C) groups is 1. The lowest BCUT2D eigenvalue weighted by molar-refractivity contribution is 0.375. The van der Waals surface area contributed by atoms with E-state index in [9.17, 15) is 0 Å². The molecular weight excluding hydrogens is 374 g/mol. The van der Waals surface area contributed by atoms with Crippen LogP contribution in [0.1, 0.15) is 24.3 Å². The first-order valence-electron chi connectivity index (χ1n) is 9.27. The molecule has 28 heavy (non-hydrogen) atoms. The summed E-state index contributed by atoms with van der Waals surface area (Å²) < 4.78 is 5.33. The van der Waals surface area contributed by atoms with Gasteiger partial charge in [-0.25, -0.2) is 0 Å². The molecule has 7 heteroatoms. The van der Waals surface area contributed by atoms with Gasteiger partial charge in [-0.05, 0) is 42.7 Å². The summed E-state index contributed by atoms with van der Waals surface area (Å²) in [5.41, 5.74) is 2.45. The number of rotatable bonds is 6. The van der Waals surface area contributed by atoms with Crippen molar-refractivity contribution in [2.45, 2.75) is 24.8 Å². The number of guanidine groups is 1. The zero-order chi connectivity index (χ0) is 19.4. The maximum atomic E-state index is 5.92. The van der Waals surface area contributed by atoms with Crippen LogP contribution in [-0.2, 0) is 12.0 Å². The second-order valence-corrected chi connectivity index (χ2v) is 7.38. The Morgan fingerprint density at radius 1 is 1.11 bits per heavy atom. The highest BCUT2D eigenvalue weighted by Crippen LogP contribution is 2.47. The van der Waals surface area contributed by atoms with Gasteiger partial charge in [-0.15, -0.1) is 0 Å². The summed E-state index contributed by atoms with van der Waals surface area (Å²) in [4.78, 5) is 8.71. The van der Waals surface area contributed by atoms with Crippen LogP contribution in [0, 0.1) is 0 Å². The van der Waals surface area contributed by atoms with E-state index >= 15 is 0 Å². The summed E-state index contributed by atoms with van der Waals surface area (Å²) >= 11 is 5.92. The van der Waals surface area contributed by atoms with E-state index < -0.39 is 0 Å². The second kappa shape index (κ2) is 8.02. The van der Waals surface area contributed by atoms with E-state index in [2.05, 4.69) is 56.1 Å². The van der Waals surface area contributed by atoms with E-state index in [4.69, 9.17) is 16.1 Å². The SMILES string of the molecule is CN=C(NCc1nc(-c2ccc(Cl)cc2)no1)NCC1(c2ccccc2)CC1. The number of nitrogens with one attached hydrogen (secondary N) is 2. The largest absolute Gasteiger partial charge is 0.356 e. The van der Waals surface area contributed by atoms with Crippen LogP contribution in [0.4, 0.5) is 0 Å². The molecule has 0 unspecified atom stereocenters. The Balaban J connectivity index is 1.32. The van der Waals surface area contributed by atoms with E-state index in [0.717, 1.165) is 12.1 Å². The lowest BCUT2D eigenvalue weighted by Gasteiger charge is -2.18. The summed E-state index contributed by atoms with van der Waals surface area (Å²) in [6.45, 7) is 1.25. The Morgan fingerprint density at radius 2 is 1.86 bits per heavy atom. The van der Waals surface area contributed by atoms with Crippen molar-refractivity contribution in [3.8, 4) is 11.4 Å². The fourth-order valence-corrected chi connectivity index (χ4v) is 3.31. The molecule has 0 aliphatic heterocycles. The lowest BCUT2D eigenvalue weighted by atomic mass is 9.96. The first-order chi connectivity index (χ1) is 13.7. The van der Waals surface area contributed by atoms with Crippen molar-refractivity contribution < 1.29 is 4.52 Å². The van der Waals surface area contributed by atoms with Crippen molar-refractivity contribution in [3.63, 3.8) is 0 Å². The van der Waals surface area contributed by atoms with Gasteiger partial charge in [0.1, 0.15) is 0 Å². The molecular formula is C21H22ClN5O. The van der Waals surface area contributed by atoms with Crippen LogP contribution in [-0.4, -0.2) is 29.7 Å². The molecule has 1 fully saturated rings. The number of aromatic nitrogens is 2. The molecule has 1 aromatic heterocycles. The number of hydrogen-bond donors (Lipinski definition) is 2. The third-order valence-electron chi connectivity index (χ3n) is 5.04. The number of benzene rings is 2. The minimum atomic E-state index is 0.213. The van der Waals surface area contributed by atoms with Gasteiger partial charge in [-0.2, -0.15) is 4.98 Å². The highest BCUT2D eigenvalue weighted by molar-refractivity contribution is 6.30. The van der Waals surface area contributed by atoms with Crippen molar-refractivity contribution in [2.24, 2.45) is 4.99 Å². The molecule has 1 heterocycles. The molecule has 1 aliphatic rings.